The van der Waals surface area contributed by atoms with Crippen molar-refractivity contribution in [1.82, 2.24) is 5.43 Å². The number of nitrogens with one attached hydrogen (secondary N) is 1. The number of hydrogen-bond donors (Lipinski definition) is 1. The molecule has 0 fully saturated rings. The Morgan fingerprint density at radius 3 is 2.30 bits per heavy atom. The fraction of sp³-hybridized carbons (Fsp3) is 0.176. The number of rotatable bonds is 6. The van der Waals surface area contributed by atoms with E-state index in [2.05, 4.69) is 10.5 Å². The fourth-order valence-electron chi connectivity index (χ4n) is 2.05. The zero-order valence-corrected chi connectivity index (χ0v) is 12.7. The SMILES string of the molecule is CCCC(=NNC(=O)c1ccc([N+](=O)[O-])cc1)c1ccccc1. The molecule has 0 aliphatic rings. The number of nitro groups is 1. The first-order valence-electron chi connectivity index (χ1n) is 7.28. The lowest BCUT2D eigenvalue weighted by Gasteiger charge is -2.06. The number of hydrazone groups is 1. The summed E-state index contributed by atoms with van der Waals surface area (Å²) in [7, 11) is 0. The number of nitro benzene ring substituents is 1. The van der Waals surface area contributed by atoms with Crippen LogP contribution in [0.5, 0.6) is 0 Å². The maximum atomic E-state index is 12.1. The second-order valence-corrected chi connectivity index (χ2v) is 4.92. The molecule has 0 aliphatic carbocycles. The Balaban J connectivity index is 2.12. The summed E-state index contributed by atoms with van der Waals surface area (Å²) in [6.45, 7) is 2.04. The van der Waals surface area contributed by atoms with E-state index in [4.69, 9.17) is 0 Å². The second kappa shape index (κ2) is 7.84. The molecule has 0 saturated carbocycles. The van der Waals surface area contributed by atoms with Crippen LogP contribution in [0, 0.1) is 10.1 Å². The molecule has 6 nitrogen and oxygen atoms in total. The first kappa shape index (κ1) is 16.4. The first-order valence-corrected chi connectivity index (χ1v) is 7.28. The number of amides is 1. The van der Waals surface area contributed by atoms with Gasteiger partial charge in [0.05, 0.1) is 10.6 Å². The molecule has 0 spiro atoms. The lowest BCUT2D eigenvalue weighted by atomic mass is 10.1. The Morgan fingerprint density at radius 1 is 1.09 bits per heavy atom. The molecule has 0 saturated heterocycles. The van der Waals surface area contributed by atoms with Crippen LogP contribution < -0.4 is 5.43 Å². The van der Waals surface area contributed by atoms with Crippen molar-refractivity contribution >= 4 is 17.3 Å². The van der Waals surface area contributed by atoms with Gasteiger partial charge in [-0.25, -0.2) is 5.43 Å². The van der Waals surface area contributed by atoms with Gasteiger partial charge in [-0.2, -0.15) is 5.10 Å². The van der Waals surface area contributed by atoms with Gasteiger partial charge in [0.1, 0.15) is 0 Å². The van der Waals surface area contributed by atoms with Crippen molar-refractivity contribution in [2.75, 3.05) is 0 Å². The topological polar surface area (TPSA) is 84.6 Å². The van der Waals surface area contributed by atoms with E-state index < -0.39 is 10.8 Å². The normalized spacial score (nSPS) is 11.1. The van der Waals surface area contributed by atoms with Gasteiger partial charge >= 0.3 is 0 Å². The highest BCUT2D eigenvalue weighted by Crippen LogP contribution is 2.12. The maximum absolute atomic E-state index is 12.1. The number of carbonyl (C=O) groups is 1. The summed E-state index contributed by atoms with van der Waals surface area (Å²) in [5.74, 6) is -0.399. The zero-order valence-electron chi connectivity index (χ0n) is 12.7. The summed E-state index contributed by atoms with van der Waals surface area (Å²) in [6.07, 6.45) is 1.64. The van der Waals surface area contributed by atoms with Crippen molar-refractivity contribution in [2.24, 2.45) is 5.10 Å². The summed E-state index contributed by atoms with van der Waals surface area (Å²) >= 11 is 0. The molecular weight excluding hydrogens is 294 g/mol. The van der Waals surface area contributed by atoms with Gasteiger partial charge < -0.3 is 0 Å². The van der Waals surface area contributed by atoms with Gasteiger partial charge in [0.25, 0.3) is 11.6 Å². The third kappa shape index (κ3) is 4.47. The minimum absolute atomic E-state index is 0.0546. The van der Waals surface area contributed by atoms with Crippen molar-refractivity contribution in [3.05, 3.63) is 75.8 Å². The molecule has 0 unspecified atom stereocenters. The number of carbonyl (C=O) groups excluding carboxylic acids is 1. The van der Waals surface area contributed by atoms with Crippen LogP contribution in [0.3, 0.4) is 0 Å². The van der Waals surface area contributed by atoms with Crippen molar-refractivity contribution in [1.29, 1.82) is 0 Å². The van der Waals surface area contributed by atoms with E-state index in [1.165, 1.54) is 24.3 Å². The van der Waals surface area contributed by atoms with Crippen molar-refractivity contribution in [2.45, 2.75) is 19.8 Å². The summed E-state index contributed by atoms with van der Waals surface area (Å²) < 4.78 is 0. The molecule has 0 bridgehead atoms. The predicted octanol–water partition coefficient (Wildman–Crippen LogP) is 3.53. The van der Waals surface area contributed by atoms with Crippen LogP contribution in [0.2, 0.25) is 0 Å². The highest BCUT2D eigenvalue weighted by atomic mass is 16.6. The van der Waals surface area contributed by atoms with Crippen LogP contribution in [-0.4, -0.2) is 16.5 Å². The second-order valence-electron chi connectivity index (χ2n) is 4.92. The third-order valence-electron chi connectivity index (χ3n) is 3.23. The van der Waals surface area contributed by atoms with Crippen LogP contribution in [0.15, 0.2) is 59.7 Å². The van der Waals surface area contributed by atoms with Crippen LogP contribution in [0.4, 0.5) is 5.69 Å². The van der Waals surface area contributed by atoms with Gasteiger partial charge in [0.2, 0.25) is 0 Å². The van der Waals surface area contributed by atoms with Gasteiger partial charge in [0, 0.05) is 17.7 Å². The molecule has 0 radical (unpaired) electrons. The quantitative estimate of drug-likeness (QED) is 0.503. The highest BCUT2D eigenvalue weighted by Gasteiger charge is 2.09. The summed E-state index contributed by atoms with van der Waals surface area (Å²) in [5, 5.41) is 14.8. The molecular formula is C17H17N3O3. The standard InChI is InChI=1S/C17H17N3O3/c1-2-6-16(13-7-4-3-5-8-13)18-19-17(21)14-9-11-15(12-10-14)20(22)23/h3-5,7-12H,2,6H2,1H3,(H,19,21). The number of benzene rings is 2. The van der Waals surface area contributed by atoms with Gasteiger partial charge in [-0.15, -0.1) is 0 Å². The van der Waals surface area contributed by atoms with E-state index >= 15 is 0 Å². The van der Waals surface area contributed by atoms with E-state index in [1.807, 2.05) is 37.3 Å². The lowest BCUT2D eigenvalue weighted by Crippen LogP contribution is -2.20. The third-order valence-corrected chi connectivity index (χ3v) is 3.23. The molecule has 118 valence electrons. The van der Waals surface area contributed by atoms with E-state index in [1.54, 1.807) is 0 Å². The first-order chi connectivity index (χ1) is 11.1. The Labute approximate surface area is 134 Å². The number of hydrogen-bond acceptors (Lipinski definition) is 4. The maximum Gasteiger partial charge on any atom is 0.271 e. The van der Waals surface area contributed by atoms with Crippen LogP contribution in [0.25, 0.3) is 0 Å². The van der Waals surface area contributed by atoms with Crippen LogP contribution >= 0.6 is 0 Å². The zero-order chi connectivity index (χ0) is 16.7. The molecule has 6 heteroatoms. The molecule has 0 aliphatic heterocycles. The van der Waals surface area contributed by atoms with Crippen molar-refractivity contribution in [3.63, 3.8) is 0 Å². The summed E-state index contributed by atoms with van der Waals surface area (Å²) in [6, 6.07) is 15.0. The molecule has 2 aromatic carbocycles. The molecule has 23 heavy (non-hydrogen) atoms. The van der Waals surface area contributed by atoms with E-state index in [9.17, 15) is 14.9 Å². The highest BCUT2D eigenvalue weighted by molar-refractivity contribution is 6.02. The van der Waals surface area contributed by atoms with E-state index in [0.717, 1.165) is 24.1 Å². The van der Waals surface area contributed by atoms with Crippen molar-refractivity contribution < 1.29 is 9.72 Å². The molecule has 1 amide bonds. The molecule has 0 atom stereocenters. The predicted molar refractivity (Wildman–Crippen MR) is 88.4 cm³/mol. The van der Waals surface area contributed by atoms with E-state index in [0.29, 0.717) is 5.56 Å². The minimum Gasteiger partial charge on any atom is -0.267 e. The summed E-state index contributed by atoms with van der Waals surface area (Å²) in [5.41, 5.74) is 4.53. The van der Waals surface area contributed by atoms with Gasteiger partial charge in [-0.3, -0.25) is 14.9 Å². The number of non-ortho nitro benzene ring substituents is 1. The molecule has 1 N–H and O–H groups in total. The lowest BCUT2D eigenvalue weighted by molar-refractivity contribution is -0.384. The Kier molecular flexibility index (Phi) is 5.57. The summed E-state index contributed by atoms with van der Waals surface area (Å²) in [4.78, 5) is 22.2. The molecule has 0 heterocycles. The number of nitrogens with zero attached hydrogens (tertiary/aromatic N) is 2. The molecule has 0 aromatic heterocycles. The fourth-order valence-corrected chi connectivity index (χ4v) is 2.05. The van der Waals surface area contributed by atoms with Gasteiger partial charge in [-0.05, 0) is 24.1 Å². The van der Waals surface area contributed by atoms with Gasteiger partial charge in [0.15, 0.2) is 0 Å². The monoisotopic (exact) mass is 311 g/mol. The smallest absolute Gasteiger partial charge is 0.267 e. The van der Waals surface area contributed by atoms with Gasteiger partial charge in [-0.1, -0.05) is 43.7 Å². The molecule has 2 rings (SSSR count). The van der Waals surface area contributed by atoms with Crippen LogP contribution in [0.1, 0.15) is 35.7 Å². The van der Waals surface area contributed by atoms with Crippen molar-refractivity contribution in [3.8, 4) is 0 Å². The molecule has 2 aromatic rings. The Bertz CT molecular complexity index is 710. The Morgan fingerprint density at radius 2 is 1.74 bits per heavy atom. The average molecular weight is 311 g/mol. The average Bonchev–Trinajstić information content (AvgIpc) is 2.59. The Hall–Kier alpha value is -3.02. The van der Waals surface area contributed by atoms with Crippen LogP contribution in [-0.2, 0) is 0 Å². The largest absolute Gasteiger partial charge is 0.271 e. The minimum atomic E-state index is -0.505. The van der Waals surface area contributed by atoms with E-state index in [-0.39, 0.29) is 5.69 Å².